The summed E-state index contributed by atoms with van der Waals surface area (Å²) in [4.78, 5) is 24.3. The molecule has 1 aromatic carbocycles. The minimum atomic E-state index is -0.00773. The van der Waals surface area contributed by atoms with E-state index in [-0.39, 0.29) is 12.0 Å². The van der Waals surface area contributed by atoms with Gasteiger partial charge in [-0.2, -0.15) is 0 Å². The maximum atomic E-state index is 13.1. The van der Waals surface area contributed by atoms with Crippen molar-refractivity contribution in [3.05, 3.63) is 42.1 Å². The lowest BCUT2D eigenvalue weighted by Gasteiger charge is -2.30. The van der Waals surface area contributed by atoms with Crippen molar-refractivity contribution in [1.29, 1.82) is 0 Å². The third-order valence-corrected chi connectivity index (χ3v) is 5.58. The molecular formula is C22H28N4O2. The zero-order valence-corrected chi connectivity index (χ0v) is 16.4. The number of nitrogens with zero attached hydrogens (tertiary/aromatic N) is 3. The quantitative estimate of drug-likeness (QED) is 0.858. The topological polar surface area (TPSA) is 67.4 Å². The van der Waals surface area contributed by atoms with Gasteiger partial charge in [-0.15, -0.1) is 0 Å². The van der Waals surface area contributed by atoms with Crippen molar-refractivity contribution in [3.63, 3.8) is 0 Å². The summed E-state index contributed by atoms with van der Waals surface area (Å²) in [5, 5.41) is 3.36. The average molecular weight is 380 g/mol. The molecule has 2 aromatic rings. The number of piperidine rings is 1. The van der Waals surface area contributed by atoms with E-state index in [0.717, 1.165) is 50.9 Å². The van der Waals surface area contributed by atoms with Gasteiger partial charge >= 0.3 is 0 Å². The van der Waals surface area contributed by atoms with E-state index in [1.807, 2.05) is 35.2 Å². The second kappa shape index (κ2) is 8.69. The van der Waals surface area contributed by atoms with E-state index < -0.39 is 0 Å². The lowest BCUT2D eigenvalue weighted by molar-refractivity contribution is 0.0691. The Bertz CT molecular complexity index is 797. The molecule has 4 rings (SSSR count). The first-order chi connectivity index (χ1) is 13.7. The molecule has 2 fully saturated rings. The summed E-state index contributed by atoms with van der Waals surface area (Å²) in [5.41, 5.74) is 1.36. The Hall–Kier alpha value is -2.47. The van der Waals surface area contributed by atoms with Crippen molar-refractivity contribution in [1.82, 2.24) is 14.9 Å². The van der Waals surface area contributed by atoms with Crippen molar-refractivity contribution in [3.8, 4) is 11.4 Å². The maximum absolute atomic E-state index is 13.1. The molecule has 1 N–H and O–H groups in total. The van der Waals surface area contributed by atoms with Crippen LogP contribution < -0.4 is 5.32 Å². The molecule has 6 nitrogen and oxygen atoms in total. The number of aromatic nitrogens is 2. The standard InChI is InChI=1S/C22H28N4O2/c1-16-9-11-26(12-10-16)22(27)19-14-20(23-15-18-8-5-13-28-18)25-21(24-19)17-6-3-2-4-7-17/h2-4,6-7,14,16,18H,5,8-13,15H2,1H3,(H,23,24,25). The number of likely N-dealkylation sites (tertiary alicyclic amines) is 1. The second-order valence-electron chi connectivity index (χ2n) is 7.82. The third kappa shape index (κ3) is 4.50. The van der Waals surface area contributed by atoms with Gasteiger partial charge in [0.1, 0.15) is 11.5 Å². The van der Waals surface area contributed by atoms with Crippen LogP contribution in [0.1, 0.15) is 43.1 Å². The summed E-state index contributed by atoms with van der Waals surface area (Å²) < 4.78 is 5.69. The number of carbonyl (C=O) groups excluding carboxylic acids is 1. The molecule has 1 atom stereocenters. The first kappa shape index (κ1) is 18.9. The van der Waals surface area contributed by atoms with Gasteiger partial charge in [-0.05, 0) is 31.6 Å². The monoisotopic (exact) mass is 380 g/mol. The van der Waals surface area contributed by atoms with Crippen molar-refractivity contribution < 1.29 is 9.53 Å². The van der Waals surface area contributed by atoms with Gasteiger partial charge in [-0.3, -0.25) is 4.79 Å². The highest BCUT2D eigenvalue weighted by Crippen LogP contribution is 2.22. The van der Waals surface area contributed by atoms with Crippen LogP contribution in [0.4, 0.5) is 5.82 Å². The van der Waals surface area contributed by atoms with Crippen molar-refractivity contribution >= 4 is 11.7 Å². The van der Waals surface area contributed by atoms with E-state index in [1.54, 1.807) is 6.07 Å². The molecule has 1 aromatic heterocycles. The molecule has 1 amide bonds. The summed E-state index contributed by atoms with van der Waals surface area (Å²) in [6.07, 6.45) is 4.46. The third-order valence-electron chi connectivity index (χ3n) is 5.58. The van der Waals surface area contributed by atoms with E-state index in [9.17, 15) is 4.79 Å². The fraction of sp³-hybridized carbons (Fsp3) is 0.500. The number of hydrogen-bond acceptors (Lipinski definition) is 5. The van der Waals surface area contributed by atoms with E-state index in [0.29, 0.717) is 29.8 Å². The van der Waals surface area contributed by atoms with Gasteiger partial charge in [0.2, 0.25) is 0 Å². The molecule has 148 valence electrons. The molecule has 1 unspecified atom stereocenters. The van der Waals surface area contributed by atoms with E-state index in [2.05, 4.69) is 22.2 Å². The molecule has 0 spiro atoms. The fourth-order valence-corrected chi connectivity index (χ4v) is 3.76. The van der Waals surface area contributed by atoms with E-state index in [1.165, 1.54) is 0 Å². The van der Waals surface area contributed by atoms with Crippen LogP contribution in [0.3, 0.4) is 0 Å². The molecule has 2 aliphatic rings. The Morgan fingerprint density at radius 3 is 2.68 bits per heavy atom. The number of carbonyl (C=O) groups is 1. The van der Waals surface area contributed by atoms with E-state index in [4.69, 9.17) is 4.74 Å². The van der Waals surface area contributed by atoms with Gasteiger partial charge in [0, 0.05) is 37.9 Å². The van der Waals surface area contributed by atoms with Gasteiger partial charge in [0.25, 0.3) is 5.91 Å². The molecular weight excluding hydrogens is 352 g/mol. The normalized spacial score (nSPS) is 20.3. The van der Waals surface area contributed by atoms with Crippen LogP contribution in [0, 0.1) is 5.92 Å². The lowest BCUT2D eigenvalue weighted by atomic mass is 9.99. The number of anilines is 1. The summed E-state index contributed by atoms with van der Waals surface area (Å²) >= 11 is 0. The lowest BCUT2D eigenvalue weighted by Crippen LogP contribution is -2.38. The summed E-state index contributed by atoms with van der Waals surface area (Å²) in [7, 11) is 0. The van der Waals surface area contributed by atoms with Crippen LogP contribution >= 0.6 is 0 Å². The Balaban J connectivity index is 1.58. The fourth-order valence-electron chi connectivity index (χ4n) is 3.76. The van der Waals surface area contributed by atoms with Crippen LogP contribution in [-0.2, 0) is 4.74 Å². The largest absolute Gasteiger partial charge is 0.376 e. The number of nitrogens with one attached hydrogen (secondary N) is 1. The number of amides is 1. The Labute approximate surface area is 166 Å². The second-order valence-corrected chi connectivity index (χ2v) is 7.82. The number of hydrogen-bond donors (Lipinski definition) is 1. The van der Waals surface area contributed by atoms with Crippen LogP contribution in [-0.4, -0.2) is 53.1 Å². The first-order valence-corrected chi connectivity index (χ1v) is 10.3. The molecule has 0 bridgehead atoms. The Kier molecular flexibility index (Phi) is 5.86. The smallest absolute Gasteiger partial charge is 0.272 e. The highest BCUT2D eigenvalue weighted by molar-refractivity contribution is 5.93. The Morgan fingerprint density at radius 2 is 1.96 bits per heavy atom. The summed E-state index contributed by atoms with van der Waals surface area (Å²) in [5.74, 6) is 1.93. The van der Waals surface area contributed by atoms with Gasteiger partial charge < -0.3 is 15.0 Å². The predicted octanol–water partition coefficient (Wildman–Crippen LogP) is 3.61. The van der Waals surface area contributed by atoms with E-state index >= 15 is 0 Å². The average Bonchev–Trinajstić information content (AvgIpc) is 3.26. The molecule has 2 aliphatic heterocycles. The van der Waals surface area contributed by atoms with Gasteiger partial charge in [0.15, 0.2) is 5.82 Å². The molecule has 0 radical (unpaired) electrons. The molecule has 3 heterocycles. The minimum absolute atomic E-state index is 0.00773. The molecule has 6 heteroatoms. The number of benzene rings is 1. The summed E-state index contributed by atoms with van der Waals surface area (Å²) in [6, 6.07) is 11.6. The van der Waals surface area contributed by atoms with Crippen LogP contribution in [0.15, 0.2) is 36.4 Å². The zero-order chi connectivity index (χ0) is 19.3. The minimum Gasteiger partial charge on any atom is -0.376 e. The molecule has 28 heavy (non-hydrogen) atoms. The van der Waals surface area contributed by atoms with Gasteiger partial charge in [-0.25, -0.2) is 9.97 Å². The molecule has 0 aliphatic carbocycles. The first-order valence-electron chi connectivity index (χ1n) is 10.3. The molecule has 0 saturated carbocycles. The van der Waals surface area contributed by atoms with Crippen molar-refractivity contribution in [2.45, 2.75) is 38.7 Å². The predicted molar refractivity (Wildman–Crippen MR) is 109 cm³/mol. The van der Waals surface area contributed by atoms with Gasteiger partial charge in [0.05, 0.1) is 6.10 Å². The van der Waals surface area contributed by atoms with Crippen molar-refractivity contribution in [2.75, 3.05) is 31.6 Å². The maximum Gasteiger partial charge on any atom is 0.272 e. The highest BCUT2D eigenvalue weighted by atomic mass is 16.5. The highest BCUT2D eigenvalue weighted by Gasteiger charge is 2.24. The Morgan fingerprint density at radius 1 is 1.18 bits per heavy atom. The SMILES string of the molecule is CC1CCN(C(=O)c2cc(NCC3CCCO3)nc(-c3ccccc3)n2)CC1. The van der Waals surface area contributed by atoms with Crippen LogP contribution in [0.25, 0.3) is 11.4 Å². The van der Waals surface area contributed by atoms with Crippen LogP contribution in [0.2, 0.25) is 0 Å². The van der Waals surface area contributed by atoms with Crippen molar-refractivity contribution in [2.24, 2.45) is 5.92 Å². The summed E-state index contributed by atoms with van der Waals surface area (Å²) in [6.45, 7) is 5.35. The number of ether oxygens (including phenoxy) is 1. The molecule has 2 saturated heterocycles. The van der Waals surface area contributed by atoms with Crippen LogP contribution in [0.5, 0.6) is 0 Å². The number of rotatable bonds is 5. The zero-order valence-electron chi connectivity index (χ0n) is 16.4. The van der Waals surface area contributed by atoms with Gasteiger partial charge in [-0.1, -0.05) is 37.3 Å².